The van der Waals surface area contributed by atoms with Gasteiger partial charge >= 0.3 is 5.97 Å². The molecule has 0 aliphatic rings. The van der Waals surface area contributed by atoms with E-state index in [1.165, 1.54) is 27.6 Å². The summed E-state index contributed by atoms with van der Waals surface area (Å²) < 4.78 is 0. The number of amides is 1. The molecule has 1 amide bonds. The fraction of sp³-hybridized carbons (Fsp3) is 0. The standard InChI is InChI=1S/C16H10ClNO3S2/c17-11-3-1-2-10(6-11)13-8-23-15(14(13)16(20)21)18(9-19)12-4-5-22-7-12/h1-9H,(H,20,21). The van der Waals surface area contributed by atoms with Crippen LogP contribution in [0.25, 0.3) is 11.1 Å². The number of nitrogens with zero attached hydrogens (tertiary/aromatic N) is 1. The van der Waals surface area contributed by atoms with Crippen LogP contribution >= 0.6 is 34.3 Å². The molecule has 1 N–H and O–H groups in total. The lowest BCUT2D eigenvalue weighted by atomic mass is 10.0. The minimum Gasteiger partial charge on any atom is -0.478 e. The number of thiophene rings is 2. The van der Waals surface area contributed by atoms with E-state index < -0.39 is 5.97 Å². The van der Waals surface area contributed by atoms with Crippen LogP contribution in [-0.4, -0.2) is 17.5 Å². The molecule has 0 atom stereocenters. The summed E-state index contributed by atoms with van der Waals surface area (Å²) >= 11 is 8.64. The van der Waals surface area contributed by atoms with Crippen LogP contribution in [0.2, 0.25) is 5.02 Å². The Morgan fingerprint density at radius 1 is 1.26 bits per heavy atom. The SMILES string of the molecule is O=CN(c1ccsc1)c1scc(-c2cccc(Cl)c2)c1C(=O)O. The van der Waals surface area contributed by atoms with E-state index in [0.717, 1.165) is 0 Å². The van der Waals surface area contributed by atoms with Gasteiger partial charge in [0.15, 0.2) is 0 Å². The van der Waals surface area contributed by atoms with Crippen molar-refractivity contribution >= 4 is 57.3 Å². The third kappa shape index (κ3) is 3.01. The van der Waals surface area contributed by atoms with E-state index in [1.807, 2.05) is 5.38 Å². The quantitative estimate of drug-likeness (QED) is 0.640. The minimum atomic E-state index is -1.08. The number of aromatic carboxylic acids is 1. The zero-order valence-corrected chi connectivity index (χ0v) is 14.0. The van der Waals surface area contributed by atoms with E-state index in [4.69, 9.17) is 11.6 Å². The highest BCUT2D eigenvalue weighted by molar-refractivity contribution is 7.15. The van der Waals surface area contributed by atoms with Gasteiger partial charge in [-0.15, -0.1) is 11.3 Å². The molecule has 0 saturated heterocycles. The van der Waals surface area contributed by atoms with Crippen LogP contribution < -0.4 is 4.90 Å². The molecule has 1 aromatic carbocycles. The molecule has 0 bridgehead atoms. The van der Waals surface area contributed by atoms with Crippen molar-refractivity contribution in [2.75, 3.05) is 4.90 Å². The number of halogens is 1. The van der Waals surface area contributed by atoms with E-state index in [9.17, 15) is 14.7 Å². The Morgan fingerprint density at radius 3 is 2.70 bits per heavy atom. The highest BCUT2D eigenvalue weighted by Crippen LogP contribution is 2.41. The van der Waals surface area contributed by atoms with Gasteiger partial charge < -0.3 is 5.11 Å². The Hall–Kier alpha value is -2.15. The maximum absolute atomic E-state index is 11.8. The molecule has 2 heterocycles. The first-order chi connectivity index (χ1) is 11.1. The van der Waals surface area contributed by atoms with Gasteiger partial charge in [0.1, 0.15) is 10.6 Å². The maximum atomic E-state index is 11.8. The smallest absolute Gasteiger partial charge is 0.339 e. The predicted molar refractivity (Wildman–Crippen MR) is 94.2 cm³/mol. The lowest BCUT2D eigenvalue weighted by Gasteiger charge is -2.15. The van der Waals surface area contributed by atoms with Crippen LogP contribution in [0.1, 0.15) is 10.4 Å². The first kappa shape index (κ1) is 15.7. The number of carbonyl (C=O) groups is 2. The molecule has 3 rings (SSSR count). The largest absolute Gasteiger partial charge is 0.478 e. The molecule has 0 aliphatic heterocycles. The van der Waals surface area contributed by atoms with Gasteiger partial charge in [0.2, 0.25) is 6.41 Å². The summed E-state index contributed by atoms with van der Waals surface area (Å²) in [6.07, 6.45) is 0.627. The van der Waals surface area contributed by atoms with Crippen LogP contribution in [0.15, 0.2) is 46.5 Å². The average Bonchev–Trinajstić information content (AvgIpc) is 3.18. The highest BCUT2D eigenvalue weighted by Gasteiger charge is 2.24. The van der Waals surface area contributed by atoms with Gasteiger partial charge in [0, 0.05) is 21.3 Å². The second-order valence-corrected chi connectivity index (χ2v) is 6.68. The second-order valence-electron chi connectivity index (χ2n) is 4.60. The number of hydrogen-bond acceptors (Lipinski definition) is 4. The molecule has 3 aromatic rings. The number of carbonyl (C=O) groups excluding carboxylic acids is 1. The Kier molecular flexibility index (Phi) is 4.47. The van der Waals surface area contributed by atoms with Gasteiger partial charge in [-0.1, -0.05) is 23.7 Å². The third-order valence-corrected chi connectivity index (χ3v) is 5.11. The number of benzene rings is 1. The summed E-state index contributed by atoms with van der Waals surface area (Å²) in [7, 11) is 0. The van der Waals surface area contributed by atoms with Gasteiger partial charge in [-0.25, -0.2) is 4.79 Å². The van der Waals surface area contributed by atoms with E-state index in [1.54, 1.807) is 41.1 Å². The Morgan fingerprint density at radius 2 is 2.09 bits per heavy atom. The monoisotopic (exact) mass is 363 g/mol. The molecule has 2 aromatic heterocycles. The number of carboxylic acid groups (broad SMARTS) is 1. The summed E-state index contributed by atoms with van der Waals surface area (Å²) in [6.45, 7) is 0. The lowest BCUT2D eigenvalue weighted by molar-refractivity contribution is -0.106. The number of hydrogen-bond donors (Lipinski definition) is 1. The molecule has 4 nitrogen and oxygen atoms in total. The predicted octanol–water partition coefficient (Wildman–Crippen LogP) is 5.12. The van der Waals surface area contributed by atoms with E-state index in [0.29, 0.717) is 33.2 Å². The first-order valence-corrected chi connectivity index (χ1v) is 8.69. The molecule has 116 valence electrons. The zero-order chi connectivity index (χ0) is 16.4. The number of carboxylic acids is 1. The molecular weight excluding hydrogens is 354 g/mol. The molecular formula is C16H10ClNO3S2. The third-order valence-electron chi connectivity index (χ3n) is 3.23. The second kappa shape index (κ2) is 6.54. The van der Waals surface area contributed by atoms with Crippen molar-refractivity contribution in [1.82, 2.24) is 0 Å². The Balaban J connectivity index is 2.16. The molecule has 0 spiro atoms. The van der Waals surface area contributed by atoms with Crippen LogP contribution in [0, 0.1) is 0 Å². The summed E-state index contributed by atoms with van der Waals surface area (Å²) in [6, 6.07) is 8.75. The fourth-order valence-corrected chi connectivity index (χ4v) is 4.10. The van der Waals surface area contributed by atoms with Crippen molar-refractivity contribution in [3.63, 3.8) is 0 Å². The maximum Gasteiger partial charge on any atom is 0.339 e. The van der Waals surface area contributed by atoms with E-state index in [2.05, 4.69) is 0 Å². The normalized spacial score (nSPS) is 10.5. The van der Waals surface area contributed by atoms with Gasteiger partial charge in [-0.2, -0.15) is 11.3 Å². The van der Waals surface area contributed by atoms with Crippen LogP contribution in [0.5, 0.6) is 0 Å². The number of rotatable bonds is 5. The Labute approximate surface area is 145 Å². The van der Waals surface area contributed by atoms with Crippen molar-refractivity contribution in [3.8, 4) is 11.1 Å². The van der Waals surface area contributed by atoms with Gasteiger partial charge in [0.05, 0.1) is 5.69 Å². The van der Waals surface area contributed by atoms with Crippen molar-refractivity contribution in [2.45, 2.75) is 0 Å². The topological polar surface area (TPSA) is 57.6 Å². The lowest BCUT2D eigenvalue weighted by Crippen LogP contribution is -2.15. The minimum absolute atomic E-state index is 0.0931. The molecule has 7 heteroatoms. The van der Waals surface area contributed by atoms with Crippen LogP contribution in [0.3, 0.4) is 0 Å². The molecule has 0 fully saturated rings. The van der Waals surface area contributed by atoms with Crippen LogP contribution in [0.4, 0.5) is 10.7 Å². The zero-order valence-electron chi connectivity index (χ0n) is 11.6. The molecule has 0 aliphatic carbocycles. The average molecular weight is 364 g/mol. The van der Waals surface area contributed by atoms with E-state index in [-0.39, 0.29) is 5.56 Å². The number of anilines is 2. The van der Waals surface area contributed by atoms with Crippen molar-refractivity contribution in [3.05, 3.63) is 57.1 Å². The highest BCUT2D eigenvalue weighted by atomic mass is 35.5. The van der Waals surface area contributed by atoms with Gasteiger partial charge in [-0.05, 0) is 29.1 Å². The first-order valence-electron chi connectivity index (χ1n) is 6.49. The molecule has 0 unspecified atom stereocenters. The van der Waals surface area contributed by atoms with Crippen molar-refractivity contribution in [2.24, 2.45) is 0 Å². The molecule has 0 radical (unpaired) electrons. The summed E-state index contributed by atoms with van der Waals surface area (Å²) in [5.74, 6) is -1.08. The summed E-state index contributed by atoms with van der Waals surface area (Å²) in [5, 5.41) is 15.9. The van der Waals surface area contributed by atoms with E-state index >= 15 is 0 Å². The summed E-state index contributed by atoms with van der Waals surface area (Å²) in [5.41, 5.74) is 1.98. The van der Waals surface area contributed by atoms with Gasteiger partial charge in [0.25, 0.3) is 0 Å². The molecule has 23 heavy (non-hydrogen) atoms. The molecule has 0 saturated carbocycles. The van der Waals surface area contributed by atoms with Crippen molar-refractivity contribution < 1.29 is 14.7 Å². The Bertz CT molecular complexity index is 858. The fourth-order valence-electron chi connectivity index (χ4n) is 2.22. The summed E-state index contributed by atoms with van der Waals surface area (Å²) in [4.78, 5) is 24.6. The van der Waals surface area contributed by atoms with Gasteiger partial charge in [-0.3, -0.25) is 9.69 Å². The van der Waals surface area contributed by atoms with Crippen LogP contribution in [-0.2, 0) is 4.79 Å². The van der Waals surface area contributed by atoms with Crippen molar-refractivity contribution in [1.29, 1.82) is 0 Å².